The van der Waals surface area contributed by atoms with E-state index in [0.29, 0.717) is 23.0 Å². The molecule has 1 aliphatic heterocycles. The molecule has 2 aliphatic carbocycles. The Morgan fingerprint density at radius 2 is 1.80 bits per heavy atom. The third kappa shape index (κ3) is 1.58. The van der Waals surface area contributed by atoms with Crippen molar-refractivity contribution in [3.63, 3.8) is 0 Å². The number of hydrogen-bond acceptors (Lipinski definition) is 2. The first-order valence-corrected chi connectivity index (χ1v) is 5.99. The van der Waals surface area contributed by atoms with Crippen LogP contribution in [0.25, 0.3) is 0 Å². The molecular weight excluding hydrogens is 190 g/mol. The minimum atomic E-state index is 0.303. The van der Waals surface area contributed by atoms with Crippen LogP contribution >= 0.6 is 0 Å². The van der Waals surface area contributed by atoms with E-state index in [1.54, 1.807) is 0 Å². The number of Topliss-reactive ketones (excluding diaryl/α,β-unsaturated/α-hetero) is 1. The standard InChI is InChI=1S/C12H17NO2/c14-10-7-12(8-10)3-5-13(6-4-12)11(15)9-1-2-9/h9H,1-8H2. The molecule has 3 fully saturated rings. The predicted octanol–water partition coefficient (Wildman–Crippen LogP) is 1.37. The summed E-state index contributed by atoms with van der Waals surface area (Å²) in [4.78, 5) is 24.8. The van der Waals surface area contributed by atoms with E-state index >= 15 is 0 Å². The lowest BCUT2D eigenvalue weighted by molar-refractivity contribution is -0.141. The fraction of sp³-hybridized carbons (Fsp3) is 0.833. The highest BCUT2D eigenvalue weighted by Gasteiger charge is 2.46. The summed E-state index contributed by atoms with van der Waals surface area (Å²) in [5, 5.41) is 0. The van der Waals surface area contributed by atoms with Gasteiger partial charge in [0.1, 0.15) is 5.78 Å². The van der Waals surface area contributed by atoms with Crippen molar-refractivity contribution in [1.82, 2.24) is 4.90 Å². The molecule has 1 heterocycles. The van der Waals surface area contributed by atoms with E-state index in [2.05, 4.69) is 0 Å². The van der Waals surface area contributed by atoms with Gasteiger partial charge in [-0.25, -0.2) is 0 Å². The molecule has 0 aromatic heterocycles. The summed E-state index contributed by atoms with van der Waals surface area (Å²) in [6, 6.07) is 0. The zero-order valence-corrected chi connectivity index (χ0v) is 9.00. The lowest BCUT2D eigenvalue weighted by Gasteiger charge is -2.46. The quantitative estimate of drug-likeness (QED) is 0.651. The molecule has 0 aromatic rings. The van der Waals surface area contributed by atoms with E-state index in [-0.39, 0.29) is 0 Å². The minimum absolute atomic E-state index is 0.303. The van der Waals surface area contributed by atoms with Gasteiger partial charge in [0.05, 0.1) is 0 Å². The van der Waals surface area contributed by atoms with E-state index in [1.165, 1.54) is 0 Å². The normalized spacial score (nSPS) is 29.1. The van der Waals surface area contributed by atoms with Gasteiger partial charge in [-0.15, -0.1) is 0 Å². The third-order valence-corrected chi connectivity index (χ3v) is 4.21. The molecule has 1 spiro atoms. The molecule has 3 nitrogen and oxygen atoms in total. The summed E-state index contributed by atoms with van der Waals surface area (Å²) in [5.74, 6) is 1.13. The SMILES string of the molecule is O=C1CC2(CCN(C(=O)C3CC3)CC2)C1. The summed E-state index contributed by atoms with van der Waals surface area (Å²) in [6.07, 6.45) is 5.85. The summed E-state index contributed by atoms with van der Waals surface area (Å²) < 4.78 is 0. The van der Waals surface area contributed by atoms with Crippen molar-refractivity contribution in [2.75, 3.05) is 13.1 Å². The Balaban J connectivity index is 1.56. The van der Waals surface area contributed by atoms with E-state index in [0.717, 1.165) is 51.6 Å². The fourth-order valence-corrected chi connectivity index (χ4v) is 2.93. The number of rotatable bonds is 1. The molecule has 0 unspecified atom stereocenters. The van der Waals surface area contributed by atoms with Gasteiger partial charge >= 0.3 is 0 Å². The molecule has 1 saturated heterocycles. The van der Waals surface area contributed by atoms with E-state index in [9.17, 15) is 9.59 Å². The fourth-order valence-electron chi connectivity index (χ4n) is 2.93. The van der Waals surface area contributed by atoms with Crippen LogP contribution in [0.5, 0.6) is 0 Å². The molecule has 1 amide bonds. The molecular formula is C12H17NO2. The van der Waals surface area contributed by atoms with Crippen molar-refractivity contribution in [2.45, 2.75) is 38.5 Å². The largest absolute Gasteiger partial charge is 0.342 e. The van der Waals surface area contributed by atoms with Gasteiger partial charge in [-0.05, 0) is 31.1 Å². The van der Waals surface area contributed by atoms with E-state index in [1.807, 2.05) is 4.90 Å². The average Bonchev–Trinajstić information content (AvgIpc) is 2.99. The van der Waals surface area contributed by atoms with Crippen LogP contribution in [-0.4, -0.2) is 29.7 Å². The maximum atomic E-state index is 11.8. The maximum Gasteiger partial charge on any atom is 0.225 e. The lowest BCUT2D eigenvalue weighted by atomic mass is 9.62. The summed E-state index contributed by atoms with van der Waals surface area (Å²) >= 11 is 0. The highest BCUT2D eigenvalue weighted by molar-refractivity contribution is 5.86. The zero-order chi connectivity index (χ0) is 10.5. The van der Waals surface area contributed by atoms with Gasteiger partial charge in [0.2, 0.25) is 5.91 Å². The second-order valence-corrected chi connectivity index (χ2v) is 5.49. The Bertz CT molecular complexity index is 302. The lowest BCUT2D eigenvalue weighted by Crippen LogP contribution is -2.49. The van der Waals surface area contributed by atoms with Crippen LogP contribution in [-0.2, 0) is 9.59 Å². The van der Waals surface area contributed by atoms with E-state index in [4.69, 9.17) is 0 Å². The number of amides is 1. The van der Waals surface area contributed by atoms with E-state index < -0.39 is 0 Å². The van der Waals surface area contributed by atoms with Gasteiger partial charge in [-0.1, -0.05) is 0 Å². The van der Waals surface area contributed by atoms with Gasteiger partial charge in [-0.3, -0.25) is 9.59 Å². The molecule has 0 atom stereocenters. The molecule has 0 aromatic carbocycles. The molecule has 2 saturated carbocycles. The monoisotopic (exact) mass is 207 g/mol. The Kier molecular flexibility index (Phi) is 1.91. The minimum Gasteiger partial charge on any atom is -0.342 e. The number of ketones is 1. The van der Waals surface area contributed by atoms with Crippen LogP contribution in [0.15, 0.2) is 0 Å². The molecule has 3 rings (SSSR count). The zero-order valence-electron chi connectivity index (χ0n) is 9.00. The van der Waals surface area contributed by atoms with Crippen LogP contribution in [0.1, 0.15) is 38.5 Å². The Morgan fingerprint density at radius 3 is 2.27 bits per heavy atom. The summed E-state index contributed by atoms with van der Waals surface area (Å²) in [7, 11) is 0. The first-order valence-electron chi connectivity index (χ1n) is 5.99. The van der Waals surface area contributed by atoms with Gasteiger partial charge in [-0.2, -0.15) is 0 Å². The first kappa shape index (κ1) is 9.37. The van der Waals surface area contributed by atoms with Crippen molar-refractivity contribution in [3.05, 3.63) is 0 Å². The number of carbonyl (C=O) groups is 2. The highest BCUT2D eigenvalue weighted by Crippen LogP contribution is 2.47. The summed E-state index contributed by atoms with van der Waals surface area (Å²) in [6.45, 7) is 1.78. The number of likely N-dealkylation sites (tertiary alicyclic amines) is 1. The predicted molar refractivity (Wildman–Crippen MR) is 55.2 cm³/mol. The number of nitrogens with zero attached hydrogens (tertiary/aromatic N) is 1. The first-order chi connectivity index (χ1) is 7.19. The Morgan fingerprint density at radius 1 is 1.20 bits per heavy atom. The van der Waals surface area contributed by atoms with Crippen molar-refractivity contribution in [3.8, 4) is 0 Å². The van der Waals surface area contributed by atoms with Crippen LogP contribution in [0.3, 0.4) is 0 Å². The maximum absolute atomic E-state index is 11.8. The van der Waals surface area contributed by atoms with Crippen LogP contribution < -0.4 is 0 Å². The van der Waals surface area contributed by atoms with Crippen molar-refractivity contribution >= 4 is 11.7 Å². The Hall–Kier alpha value is -0.860. The second kappa shape index (κ2) is 3.06. The van der Waals surface area contributed by atoms with Crippen LogP contribution in [0, 0.1) is 11.3 Å². The second-order valence-electron chi connectivity index (χ2n) is 5.49. The van der Waals surface area contributed by atoms with Crippen LogP contribution in [0.4, 0.5) is 0 Å². The van der Waals surface area contributed by atoms with Gasteiger partial charge in [0, 0.05) is 31.8 Å². The third-order valence-electron chi connectivity index (χ3n) is 4.21. The highest BCUT2D eigenvalue weighted by atomic mass is 16.2. The van der Waals surface area contributed by atoms with Crippen molar-refractivity contribution < 1.29 is 9.59 Å². The van der Waals surface area contributed by atoms with Crippen LogP contribution in [0.2, 0.25) is 0 Å². The van der Waals surface area contributed by atoms with Crippen molar-refractivity contribution in [1.29, 1.82) is 0 Å². The topological polar surface area (TPSA) is 37.4 Å². The molecule has 82 valence electrons. The average molecular weight is 207 g/mol. The van der Waals surface area contributed by atoms with Gasteiger partial charge in [0.25, 0.3) is 0 Å². The number of carbonyl (C=O) groups excluding carboxylic acids is 2. The molecule has 0 bridgehead atoms. The molecule has 0 radical (unpaired) electrons. The van der Waals surface area contributed by atoms with Gasteiger partial charge in [0.15, 0.2) is 0 Å². The molecule has 3 heteroatoms. The summed E-state index contributed by atoms with van der Waals surface area (Å²) in [5.41, 5.74) is 0.303. The number of hydrogen-bond donors (Lipinski definition) is 0. The van der Waals surface area contributed by atoms with Gasteiger partial charge < -0.3 is 4.90 Å². The number of piperidine rings is 1. The molecule has 0 N–H and O–H groups in total. The molecule has 15 heavy (non-hydrogen) atoms. The van der Waals surface area contributed by atoms with Crippen molar-refractivity contribution in [2.24, 2.45) is 11.3 Å². The molecule has 3 aliphatic rings. The smallest absolute Gasteiger partial charge is 0.225 e. The Labute approximate surface area is 89.8 Å².